The minimum absolute atomic E-state index is 0.437. The van der Waals surface area contributed by atoms with Crippen molar-refractivity contribution >= 4 is 11.6 Å². The molecule has 0 fully saturated rings. The Balaban J connectivity index is 2.79. The highest BCUT2D eigenvalue weighted by atomic mass is 35.5. The smallest absolute Gasteiger partial charge is 0.184 e. The fraction of sp³-hybridized carbons (Fsp3) is 0.417. The average molecular weight is 239 g/mol. The largest absolute Gasteiger partial charge is 0.474 e. The van der Waals surface area contributed by atoms with Gasteiger partial charge in [0.25, 0.3) is 0 Å². The van der Waals surface area contributed by atoms with E-state index in [4.69, 9.17) is 21.6 Å². The zero-order valence-electron chi connectivity index (χ0n) is 9.46. The van der Waals surface area contributed by atoms with Crippen LogP contribution >= 0.6 is 11.6 Å². The van der Waals surface area contributed by atoms with E-state index in [1.807, 2.05) is 26.1 Å². The van der Waals surface area contributed by atoms with Gasteiger partial charge in [0.05, 0.1) is 5.02 Å². The van der Waals surface area contributed by atoms with Crippen LogP contribution in [0.25, 0.3) is 0 Å². The first-order valence-electron chi connectivity index (χ1n) is 5.20. The van der Waals surface area contributed by atoms with Gasteiger partial charge in [-0.1, -0.05) is 24.6 Å². The third kappa shape index (κ3) is 3.41. The number of nitriles is 1. The number of hydrogen-bond acceptors (Lipinski definition) is 3. The Hall–Kier alpha value is -1.24. The van der Waals surface area contributed by atoms with E-state index in [0.717, 1.165) is 12.1 Å². The molecule has 3 nitrogen and oxygen atoms in total. The Labute approximate surface area is 101 Å². The lowest BCUT2D eigenvalue weighted by molar-refractivity contribution is 0.252. The Kier molecular flexibility index (Phi) is 5.10. The van der Waals surface area contributed by atoms with Crippen LogP contribution in [0.15, 0.2) is 18.2 Å². The summed E-state index contributed by atoms with van der Waals surface area (Å²) in [5.74, 6) is 0.565. The van der Waals surface area contributed by atoms with Crippen LogP contribution in [0.4, 0.5) is 0 Å². The summed E-state index contributed by atoms with van der Waals surface area (Å²) >= 11 is 6.06. The van der Waals surface area contributed by atoms with Gasteiger partial charge in [-0.2, -0.15) is 5.26 Å². The van der Waals surface area contributed by atoms with E-state index < -0.39 is 6.10 Å². The van der Waals surface area contributed by atoms with E-state index in [1.54, 1.807) is 6.07 Å². The molecule has 0 aromatic heterocycles. The Morgan fingerprint density at radius 3 is 2.81 bits per heavy atom. The minimum Gasteiger partial charge on any atom is -0.474 e. The minimum atomic E-state index is -0.437. The van der Waals surface area contributed by atoms with E-state index in [-0.39, 0.29) is 0 Å². The lowest BCUT2D eigenvalue weighted by atomic mass is 10.2. The molecule has 0 aliphatic rings. The van der Waals surface area contributed by atoms with Crippen molar-refractivity contribution in [2.75, 3.05) is 7.05 Å². The molecule has 0 heterocycles. The standard InChI is InChI=1S/C12H15ClN2O/c1-3-10(7-14)16-12-5-4-9(8-15-2)6-11(12)13/h4-6,10,15H,3,8H2,1-2H3. The normalized spacial score (nSPS) is 11.9. The van der Waals surface area contributed by atoms with Crippen LogP contribution in [-0.4, -0.2) is 13.2 Å². The Morgan fingerprint density at radius 2 is 2.31 bits per heavy atom. The molecule has 0 saturated heterocycles. The van der Waals surface area contributed by atoms with E-state index >= 15 is 0 Å². The number of nitrogens with zero attached hydrogens (tertiary/aromatic N) is 1. The van der Waals surface area contributed by atoms with Crippen LogP contribution in [0, 0.1) is 11.3 Å². The van der Waals surface area contributed by atoms with Crippen LogP contribution in [0.1, 0.15) is 18.9 Å². The summed E-state index contributed by atoms with van der Waals surface area (Å²) in [4.78, 5) is 0. The SMILES string of the molecule is CCC(C#N)Oc1ccc(CNC)cc1Cl. The van der Waals surface area contributed by atoms with Gasteiger partial charge in [0.2, 0.25) is 0 Å². The van der Waals surface area contributed by atoms with Crippen molar-refractivity contribution < 1.29 is 4.74 Å². The molecule has 0 saturated carbocycles. The highest BCUT2D eigenvalue weighted by Gasteiger charge is 2.09. The molecule has 0 spiro atoms. The number of ether oxygens (including phenoxy) is 1. The van der Waals surface area contributed by atoms with Crippen molar-refractivity contribution in [3.05, 3.63) is 28.8 Å². The van der Waals surface area contributed by atoms with Crippen LogP contribution < -0.4 is 10.1 Å². The van der Waals surface area contributed by atoms with Crippen molar-refractivity contribution in [3.63, 3.8) is 0 Å². The van der Waals surface area contributed by atoms with E-state index in [0.29, 0.717) is 17.2 Å². The fourth-order valence-corrected chi connectivity index (χ4v) is 1.56. The average Bonchev–Trinajstić information content (AvgIpc) is 2.29. The highest BCUT2D eigenvalue weighted by Crippen LogP contribution is 2.26. The van der Waals surface area contributed by atoms with Crippen LogP contribution in [-0.2, 0) is 6.54 Å². The molecule has 1 atom stereocenters. The zero-order valence-corrected chi connectivity index (χ0v) is 10.2. The first-order chi connectivity index (χ1) is 7.71. The zero-order chi connectivity index (χ0) is 12.0. The van der Waals surface area contributed by atoms with Gasteiger partial charge in [-0.15, -0.1) is 0 Å². The molecule has 4 heteroatoms. The van der Waals surface area contributed by atoms with Crippen molar-refractivity contribution in [1.29, 1.82) is 5.26 Å². The molecule has 1 aromatic carbocycles. The highest BCUT2D eigenvalue weighted by molar-refractivity contribution is 6.32. The molecule has 0 amide bonds. The second kappa shape index (κ2) is 6.37. The van der Waals surface area contributed by atoms with Crippen LogP contribution in [0.3, 0.4) is 0 Å². The van der Waals surface area contributed by atoms with Gasteiger partial charge in [-0.05, 0) is 31.2 Å². The monoisotopic (exact) mass is 238 g/mol. The van der Waals surface area contributed by atoms with Crippen molar-refractivity contribution in [1.82, 2.24) is 5.32 Å². The Morgan fingerprint density at radius 1 is 1.56 bits per heavy atom. The second-order valence-corrected chi connectivity index (χ2v) is 3.85. The summed E-state index contributed by atoms with van der Waals surface area (Å²) in [6.07, 6.45) is 0.207. The lowest BCUT2D eigenvalue weighted by Crippen LogP contribution is -2.12. The molecule has 86 valence electrons. The third-order valence-electron chi connectivity index (χ3n) is 2.16. The topological polar surface area (TPSA) is 45.0 Å². The molecule has 0 aliphatic heterocycles. The first kappa shape index (κ1) is 12.8. The summed E-state index contributed by atoms with van der Waals surface area (Å²) in [5.41, 5.74) is 1.09. The summed E-state index contributed by atoms with van der Waals surface area (Å²) in [6.45, 7) is 2.66. The van der Waals surface area contributed by atoms with Crippen molar-refractivity contribution in [2.24, 2.45) is 0 Å². The summed E-state index contributed by atoms with van der Waals surface area (Å²) in [6, 6.07) is 7.65. The van der Waals surface area contributed by atoms with Gasteiger partial charge < -0.3 is 10.1 Å². The number of hydrogen-bond donors (Lipinski definition) is 1. The van der Waals surface area contributed by atoms with E-state index in [9.17, 15) is 0 Å². The van der Waals surface area contributed by atoms with Crippen molar-refractivity contribution in [3.8, 4) is 11.8 Å². The summed E-state index contributed by atoms with van der Waals surface area (Å²) in [5, 5.41) is 12.4. The first-order valence-corrected chi connectivity index (χ1v) is 5.58. The molecule has 1 rings (SSSR count). The summed E-state index contributed by atoms with van der Waals surface area (Å²) in [7, 11) is 1.88. The second-order valence-electron chi connectivity index (χ2n) is 3.44. The number of halogens is 1. The molecule has 1 unspecified atom stereocenters. The maximum absolute atomic E-state index is 8.79. The Bertz CT molecular complexity index is 387. The van der Waals surface area contributed by atoms with E-state index in [1.165, 1.54) is 0 Å². The lowest BCUT2D eigenvalue weighted by Gasteiger charge is -2.12. The molecule has 0 radical (unpaired) electrons. The van der Waals surface area contributed by atoms with E-state index in [2.05, 4.69) is 11.4 Å². The predicted octanol–water partition coefficient (Wildman–Crippen LogP) is 2.74. The van der Waals surface area contributed by atoms with Gasteiger partial charge >= 0.3 is 0 Å². The third-order valence-corrected chi connectivity index (χ3v) is 2.46. The number of rotatable bonds is 5. The molecule has 16 heavy (non-hydrogen) atoms. The molecule has 0 bridgehead atoms. The van der Waals surface area contributed by atoms with Gasteiger partial charge in [-0.25, -0.2) is 0 Å². The molecular formula is C12H15ClN2O. The van der Waals surface area contributed by atoms with Crippen molar-refractivity contribution in [2.45, 2.75) is 26.0 Å². The molecule has 0 aliphatic carbocycles. The molecular weight excluding hydrogens is 224 g/mol. The molecule has 1 N–H and O–H groups in total. The van der Waals surface area contributed by atoms with Crippen LogP contribution in [0.2, 0.25) is 5.02 Å². The van der Waals surface area contributed by atoms with Gasteiger partial charge in [0, 0.05) is 6.54 Å². The van der Waals surface area contributed by atoms with Gasteiger partial charge in [0.1, 0.15) is 11.8 Å². The quantitative estimate of drug-likeness (QED) is 0.858. The molecule has 1 aromatic rings. The van der Waals surface area contributed by atoms with Crippen LogP contribution in [0.5, 0.6) is 5.75 Å². The fourth-order valence-electron chi connectivity index (χ4n) is 1.31. The number of nitrogens with one attached hydrogen (secondary N) is 1. The van der Waals surface area contributed by atoms with Gasteiger partial charge in [0.15, 0.2) is 6.10 Å². The maximum Gasteiger partial charge on any atom is 0.184 e. The van der Waals surface area contributed by atoms with Gasteiger partial charge in [-0.3, -0.25) is 0 Å². The maximum atomic E-state index is 8.79. The number of benzene rings is 1. The predicted molar refractivity (Wildman–Crippen MR) is 64.5 cm³/mol. The summed E-state index contributed by atoms with van der Waals surface area (Å²) < 4.78 is 5.46.